The number of halogens is 1. The lowest BCUT2D eigenvalue weighted by Gasteiger charge is -2.06. The Bertz CT molecular complexity index is 501. The van der Waals surface area contributed by atoms with E-state index in [9.17, 15) is 14.0 Å². The Morgan fingerprint density at radius 1 is 1.44 bits per heavy atom. The standard InChI is InChI=1S/C13H14FNO3/c1-7-4-8(2-3-11(7)14)6-15-12(16)9-5-10(9)13(17)18/h2-4,9-10H,5-6H2,1H3,(H,15,16)(H,17,18)/t9-,10+/m0/s1. The van der Waals surface area contributed by atoms with Crippen LogP contribution in [-0.2, 0) is 16.1 Å². The number of hydrogen-bond acceptors (Lipinski definition) is 2. The number of carbonyl (C=O) groups is 2. The van der Waals surface area contributed by atoms with Gasteiger partial charge in [0.25, 0.3) is 0 Å². The topological polar surface area (TPSA) is 66.4 Å². The minimum atomic E-state index is -0.923. The fraction of sp³-hybridized carbons (Fsp3) is 0.385. The third kappa shape index (κ3) is 2.67. The minimum Gasteiger partial charge on any atom is -0.481 e. The van der Waals surface area contributed by atoms with Gasteiger partial charge in [-0.25, -0.2) is 4.39 Å². The van der Waals surface area contributed by atoms with Crippen molar-refractivity contribution in [1.29, 1.82) is 0 Å². The Hall–Kier alpha value is -1.91. The summed E-state index contributed by atoms with van der Waals surface area (Å²) >= 11 is 0. The zero-order valence-corrected chi connectivity index (χ0v) is 9.94. The molecule has 18 heavy (non-hydrogen) atoms. The van der Waals surface area contributed by atoms with E-state index in [1.54, 1.807) is 19.1 Å². The summed E-state index contributed by atoms with van der Waals surface area (Å²) in [5.74, 6) is -2.40. The molecule has 1 aromatic rings. The molecule has 2 N–H and O–H groups in total. The molecule has 0 saturated heterocycles. The van der Waals surface area contributed by atoms with Crippen molar-refractivity contribution >= 4 is 11.9 Å². The van der Waals surface area contributed by atoms with Gasteiger partial charge in [-0.15, -0.1) is 0 Å². The number of nitrogens with one attached hydrogen (secondary N) is 1. The molecule has 0 aromatic heterocycles. The number of carboxylic acid groups (broad SMARTS) is 1. The molecule has 1 aromatic carbocycles. The molecule has 0 aliphatic heterocycles. The third-order valence-electron chi connectivity index (χ3n) is 3.13. The largest absolute Gasteiger partial charge is 0.481 e. The van der Waals surface area contributed by atoms with Gasteiger partial charge in [0, 0.05) is 6.54 Å². The van der Waals surface area contributed by atoms with E-state index < -0.39 is 17.8 Å². The van der Waals surface area contributed by atoms with Crippen molar-refractivity contribution in [1.82, 2.24) is 5.32 Å². The van der Waals surface area contributed by atoms with Crippen molar-refractivity contribution in [3.63, 3.8) is 0 Å². The van der Waals surface area contributed by atoms with Crippen LogP contribution < -0.4 is 5.32 Å². The van der Waals surface area contributed by atoms with Crippen LogP contribution in [0.4, 0.5) is 4.39 Å². The third-order valence-corrected chi connectivity index (χ3v) is 3.13. The van der Waals surface area contributed by atoms with E-state index in [0.29, 0.717) is 18.5 Å². The SMILES string of the molecule is Cc1cc(CNC(=O)[C@H]2C[C@H]2C(=O)O)ccc1F. The molecule has 5 heteroatoms. The maximum absolute atomic E-state index is 13.0. The van der Waals surface area contributed by atoms with Crippen LogP contribution in [0.15, 0.2) is 18.2 Å². The van der Waals surface area contributed by atoms with Crippen molar-refractivity contribution in [2.24, 2.45) is 11.8 Å². The lowest BCUT2D eigenvalue weighted by atomic mass is 10.1. The van der Waals surface area contributed by atoms with Gasteiger partial charge >= 0.3 is 5.97 Å². The molecule has 2 atom stereocenters. The predicted octanol–water partition coefficient (Wildman–Crippen LogP) is 1.47. The number of carbonyl (C=O) groups excluding carboxylic acids is 1. The minimum absolute atomic E-state index is 0.246. The van der Waals surface area contributed by atoms with Crippen molar-refractivity contribution in [3.05, 3.63) is 35.1 Å². The first kappa shape index (κ1) is 12.5. The van der Waals surface area contributed by atoms with Gasteiger partial charge in [-0.1, -0.05) is 12.1 Å². The molecule has 4 nitrogen and oxygen atoms in total. The Balaban J connectivity index is 1.87. The number of rotatable bonds is 4. The van der Waals surface area contributed by atoms with Gasteiger partial charge in [-0.3, -0.25) is 9.59 Å². The van der Waals surface area contributed by atoms with Crippen LogP contribution in [0.5, 0.6) is 0 Å². The maximum Gasteiger partial charge on any atom is 0.307 e. The van der Waals surface area contributed by atoms with Gasteiger partial charge in [0.2, 0.25) is 5.91 Å². The highest BCUT2D eigenvalue weighted by molar-refractivity contribution is 5.89. The lowest BCUT2D eigenvalue weighted by Crippen LogP contribution is -2.25. The average molecular weight is 251 g/mol. The summed E-state index contributed by atoms with van der Waals surface area (Å²) in [5.41, 5.74) is 1.33. The number of aryl methyl sites for hydroxylation is 1. The van der Waals surface area contributed by atoms with E-state index >= 15 is 0 Å². The summed E-state index contributed by atoms with van der Waals surface area (Å²) in [4.78, 5) is 22.2. The Morgan fingerprint density at radius 2 is 2.17 bits per heavy atom. The quantitative estimate of drug-likeness (QED) is 0.851. The van der Waals surface area contributed by atoms with Crippen LogP contribution in [0.3, 0.4) is 0 Å². The summed E-state index contributed by atoms with van der Waals surface area (Å²) in [5, 5.41) is 11.4. The van der Waals surface area contributed by atoms with Gasteiger partial charge in [-0.2, -0.15) is 0 Å². The number of benzene rings is 1. The van der Waals surface area contributed by atoms with E-state index in [0.717, 1.165) is 5.56 Å². The van der Waals surface area contributed by atoms with E-state index in [4.69, 9.17) is 5.11 Å². The molecule has 1 saturated carbocycles. The van der Waals surface area contributed by atoms with E-state index in [1.807, 2.05) is 0 Å². The van der Waals surface area contributed by atoms with Crippen LogP contribution in [0, 0.1) is 24.6 Å². The molecular weight excluding hydrogens is 237 g/mol. The van der Waals surface area contributed by atoms with Crippen molar-refractivity contribution < 1.29 is 19.1 Å². The molecule has 0 spiro atoms. The zero-order valence-electron chi connectivity index (χ0n) is 9.94. The second kappa shape index (κ2) is 4.76. The highest BCUT2D eigenvalue weighted by Gasteiger charge is 2.48. The summed E-state index contributed by atoms with van der Waals surface area (Å²) in [6, 6.07) is 4.62. The molecule has 2 rings (SSSR count). The van der Waals surface area contributed by atoms with Crippen molar-refractivity contribution in [2.75, 3.05) is 0 Å². The van der Waals surface area contributed by atoms with Crippen molar-refractivity contribution in [2.45, 2.75) is 19.9 Å². The fourth-order valence-corrected chi connectivity index (χ4v) is 1.89. The van der Waals surface area contributed by atoms with Gasteiger partial charge in [0.05, 0.1) is 11.8 Å². The molecule has 1 amide bonds. The lowest BCUT2D eigenvalue weighted by molar-refractivity contribution is -0.140. The van der Waals surface area contributed by atoms with E-state index in [2.05, 4.69) is 5.32 Å². The molecule has 0 unspecified atom stereocenters. The second-order valence-corrected chi connectivity index (χ2v) is 4.59. The Labute approximate surface area is 104 Å². The Morgan fingerprint density at radius 3 is 2.72 bits per heavy atom. The first-order chi connectivity index (χ1) is 8.49. The number of hydrogen-bond donors (Lipinski definition) is 2. The van der Waals surface area contributed by atoms with E-state index in [1.165, 1.54) is 6.07 Å². The number of carboxylic acids is 1. The Kier molecular flexibility index (Phi) is 3.32. The summed E-state index contributed by atoms with van der Waals surface area (Å²) in [6.45, 7) is 1.95. The summed E-state index contributed by atoms with van der Waals surface area (Å²) in [6.07, 6.45) is 0.406. The van der Waals surface area contributed by atoms with E-state index in [-0.39, 0.29) is 11.7 Å². The predicted molar refractivity (Wildman–Crippen MR) is 62.2 cm³/mol. The normalized spacial score (nSPS) is 21.4. The van der Waals surface area contributed by atoms with Crippen LogP contribution in [0.2, 0.25) is 0 Å². The summed E-state index contributed by atoms with van der Waals surface area (Å²) < 4.78 is 13.0. The highest BCUT2D eigenvalue weighted by Crippen LogP contribution is 2.38. The second-order valence-electron chi connectivity index (χ2n) is 4.59. The maximum atomic E-state index is 13.0. The van der Waals surface area contributed by atoms with Crippen LogP contribution in [-0.4, -0.2) is 17.0 Å². The molecule has 0 radical (unpaired) electrons. The zero-order chi connectivity index (χ0) is 13.3. The molecule has 0 bridgehead atoms. The molecule has 1 aliphatic rings. The smallest absolute Gasteiger partial charge is 0.307 e. The van der Waals surface area contributed by atoms with Crippen molar-refractivity contribution in [3.8, 4) is 0 Å². The van der Waals surface area contributed by atoms with Gasteiger partial charge in [-0.05, 0) is 30.5 Å². The van der Waals surface area contributed by atoms with Crippen LogP contribution in [0.25, 0.3) is 0 Å². The molecule has 96 valence electrons. The van der Waals surface area contributed by atoms with Gasteiger partial charge in [0.1, 0.15) is 5.82 Å². The highest BCUT2D eigenvalue weighted by atomic mass is 19.1. The summed E-state index contributed by atoms with van der Waals surface area (Å²) in [7, 11) is 0. The number of amides is 1. The van der Waals surface area contributed by atoms with Gasteiger partial charge < -0.3 is 10.4 Å². The first-order valence-electron chi connectivity index (χ1n) is 5.74. The average Bonchev–Trinajstić information content (AvgIpc) is 3.10. The monoisotopic (exact) mass is 251 g/mol. The number of aliphatic carboxylic acids is 1. The molecule has 1 fully saturated rings. The molecule has 0 heterocycles. The first-order valence-corrected chi connectivity index (χ1v) is 5.74. The fourth-order valence-electron chi connectivity index (χ4n) is 1.89. The van der Waals surface area contributed by atoms with Crippen LogP contribution >= 0.6 is 0 Å². The van der Waals surface area contributed by atoms with Crippen LogP contribution in [0.1, 0.15) is 17.5 Å². The van der Waals surface area contributed by atoms with Gasteiger partial charge in [0.15, 0.2) is 0 Å². The molecular formula is C13H14FNO3. The molecule has 1 aliphatic carbocycles.